The van der Waals surface area contributed by atoms with Crippen LogP contribution in [0.15, 0.2) is 49.1 Å². The van der Waals surface area contributed by atoms with Crippen LogP contribution >= 0.6 is 11.6 Å². The van der Waals surface area contributed by atoms with E-state index in [2.05, 4.69) is 50.9 Å². The van der Waals surface area contributed by atoms with Crippen LogP contribution < -0.4 is 14.4 Å². The summed E-state index contributed by atoms with van der Waals surface area (Å²) in [5.74, 6) is 4.76. The standard InChI is InChI=1S/C44H60ClN5O5S/c1-5-41(51)49-21-20-48-19-18-47(25-36(48)26-49)28-44(53)17-6-8-30(2)31(3)56(4,54)46-42(52)33-11-15-40-39(23-33)50(24-34-10-13-38(34)44)27-43(29-55-40)16-7-9-32-22-35(45)12-14-37(32)43/h5,11-12,14-15,22-23,30-31,34,36,38,53H,1,4,6-10,13,16-21,24-29H2,2-3H3,(H,46,52,54)/t30-,31+,34-,36?,38+,43-,44?,56?/m0/s1. The summed E-state index contributed by atoms with van der Waals surface area (Å²) in [6.45, 7) is 15.1. The minimum atomic E-state index is -2.99. The second kappa shape index (κ2) is 15.6. The van der Waals surface area contributed by atoms with E-state index in [9.17, 15) is 18.9 Å². The van der Waals surface area contributed by atoms with E-state index in [1.54, 1.807) is 6.07 Å². The molecule has 8 rings (SSSR count). The molecule has 2 bridgehead atoms. The number of aryl methyl sites for hydroxylation is 1. The summed E-state index contributed by atoms with van der Waals surface area (Å²) < 4.78 is 23.6. The number of nitrogens with zero attached hydrogens (tertiary/aromatic N) is 4. The minimum Gasteiger partial charge on any atom is -0.490 e. The van der Waals surface area contributed by atoms with Gasteiger partial charge in [0.1, 0.15) is 5.75 Å². The molecule has 1 saturated carbocycles. The van der Waals surface area contributed by atoms with E-state index >= 15 is 0 Å². The average molecular weight is 807 g/mol. The highest BCUT2D eigenvalue weighted by atomic mass is 35.5. The number of hydrogen-bond acceptors (Lipinski definition) is 8. The number of piperazine rings is 2. The summed E-state index contributed by atoms with van der Waals surface area (Å²) in [5.41, 5.74) is 2.65. The predicted octanol–water partition coefficient (Wildman–Crippen LogP) is 5.15. The van der Waals surface area contributed by atoms with E-state index in [4.69, 9.17) is 16.3 Å². The van der Waals surface area contributed by atoms with Gasteiger partial charge in [0.25, 0.3) is 5.91 Å². The molecule has 2 saturated heterocycles. The SMILES string of the molecule is C=CC(=O)N1CCN2CCN(CC3(O)CCC[C@H](C)[C@@H](C)S(=C)(=O)NC(=O)c4ccc5c(c4)N(C[C@@H]4CC[C@H]43)C[C@@]3(CCCc4cc(Cl)ccc43)CO5)CC2C1. The molecule has 8 atom stereocenters. The van der Waals surface area contributed by atoms with E-state index in [-0.39, 0.29) is 46.3 Å². The average Bonchev–Trinajstić information content (AvgIpc) is 3.31. The number of aliphatic hydroxyl groups is 1. The molecule has 56 heavy (non-hydrogen) atoms. The lowest BCUT2D eigenvalue weighted by atomic mass is 9.62. The van der Waals surface area contributed by atoms with Crippen LogP contribution in [-0.2, 0) is 26.3 Å². The smallest absolute Gasteiger partial charge is 0.262 e. The Balaban J connectivity index is 1.13. The number of fused-ring (bicyclic) bond motifs is 5. The van der Waals surface area contributed by atoms with Gasteiger partial charge in [0, 0.05) is 86.2 Å². The zero-order chi connectivity index (χ0) is 39.4. The number of hydrogen-bond donors (Lipinski definition) is 2. The fraction of sp³-hybridized carbons (Fsp3) is 0.614. The van der Waals surface area contributed by atoms with Gasteiger partial charge in [0.15, 0.2) is 0 Å². The third-order valence-corrected chi connectivity index (χ3v) is 17.0. The van der Waals surface area contributed by atoms with Crippen molar-refractivity contribution >= 4 is 44.7 Å². The van der Waals surface area contributed by atoms with E-state index in [1.165, 1.54) is 17.2 Å². The van der Waals surface area contributed by atoms with E-state index in [0.29, 0.717) is 38.2 Å². The first kappa shape index (κ1) is 39.7. The zero-order valence-electron chi connectivity index (χ0n) is 33.2. The van der Waals surface area contributed by atoms with Gasteiger partial charge in [-0.2, -0.15) is 0 Å². The Morgan fingerprint density at radius 3 is 2.66 bits per heavy atom. The van der Waals surface area contributed by atoms with Crippen LogP contribution in [0.5, 0.6) is 5.75 Å². The zero-order valence-corrected chi connectivity index (χ0v) is 34.8. The highest BCUT2D eigenvalue weighted by Crippen LogP contribution is 2.49. The Hall–Kier alpha value is -3.09. The Morgan fingerprint density at radius 2 is 1.88 bits per heavy atom. The van der Waals surface area contributed by atoms with Crippen LogP contribution in [-0.4, -0.2) is 124 Å². The van der Waals surface area contributed by atoms with Crippen molar-refractivity contribution in [2.45, 2.75) is 87.5 Å². The summed E-state index contributed by atoms with van der Waals surface area (Å²) in [4.78, 5) is 35.7. The van der Waals surface area contributed by atoms with Crippen molar-refractivity contribution in [3.63, 3.8) is 0 Å². The van der Waals surface area contributed by atoms with Crippen molar-refractivity contribution in [1.29, 1.82) is 0 Å². The van der Waals surface area contributed by atoms with Crippen molar-refractivity contribution in [3.05, 3.63) is 70.8 Å². The molecule has 1 spiro atoms. The Kier molecular flexibility index (Phi) is 11.1. The Bertz CT molecular complexity index is 1960. The second-order valence-corrected chi connectivity index (χ2v) is 20.8. The topological polar surface area (TPSA) is 106 Å². The maximum absolute atomic E-state index is 14.1. The molecule has 2 aromatic carbocycles. The van der Waals surface area contributed by atoms with E-state index in [0.717, 1.165) is 101 Å². The van der Waals surface area contributed by atoms with Gasteiger partial charge in [-0.3, -0.25) is 24.1 Å². The summed E-state index contributed by atoms with van der Waals surface area (Å²) >= 11 is 6.52. The lowest BCUT2D eigenvalue weighted by Gasteiger charge is -2.53. The molecule has 304 valence electrons. The predicted molar refractivity (Wildman–Crippen MR) is 225 cm³/mol. The minimum absolute atomic E-state index is 0.0146. The maximum atomic E-state index is 14.1. The van der Waals surface area contributed by atoms with Crippen LogP contribution in [0.1, 0.15) is 80.3 Å². The molecular formula is C44H60ClN5O5S. The molecule has 2 aliphatic carbocycles. The summed E-state index contributed by atoms with van der Waals surface area (Å²) in [6, 6.07) is 12.1. The number of halogens is 1. The van der Waals surface area contributed by atoms with Gasteiger partial charge in [-0.15, -0.1) is 0 Å². The molecule has 4 aliphatic heterocycles. The number of rotatable bonds is 3. The van der Waals surface area contributed by atoms with Crippen LogP contribution in [0.2, 0.25) is 5.02 Å². The molecule has 2 aromatic rings. The lowest BCUT2D eigenvalue weighted by molar-refractivity contribution is -0.132. The fourth-order valence-electron chi connectivity index (χ4n) is 10.9. The van der Waals surface area contributed by atoms with Crippen molar-refractivity contribution < 1.29 is 23.6 Å². The molecule has 10 nitrogen and oxygen atoms in total. The third kappa shape index (κ3) is 7.63. The number of ether oxygens (including phenoxy) is 1. The van der Waals surface area contributed by atoms with Crippen LogP contribution in [0, 0.1) is 17.8 Å². The van der Waals surface area contributed by atoms with Crippen LogP contribution in [0.4, 0.5) is 5.69 Å². The summed E-state index contributed by atoms with van der Waals surface area (Å²) in [5, 5.41) is 13.5. The van der Waals surface area contributed by atoms with E-state index in [1.807, 2.05) is 30.0 Å². The van der Waals surface area contributed by atoms with Gasteiger partial charge >= 0.3 is 0 Å². The number of benzene rings is 2. The molecule has 3 fully saturated rings. The first-order valence-electron chi connectivity index (χ1n) is 20.9. The monoisotopic (exact) mass is 805 g/mol. The Labute approximate surface area is 338 Å². The number of nitrogens with one attached hydrogen (secondary N) is 1. The van der Waals surface area contributed by atoms with Gasteiger partial charge < -0.3 is 19.6 Å². The summed E-state index contributed by atoms with van der Waals surface area (Å²) in [7, 11) is -2.99. The largest absolute Gasteiger partial charge is 0.490 e. The molecule has 0 radical (unpaired) electrons. The van der Waals surface area contributed by atoms with Crippen molar-refractivity contribution in [2.24, 2.45) is 17.8 Å². The normalized spacial score (nSPS) is 35.5. The fourth-order valence-corrected chi connectivity index (χ4v) is 12.6. The molecule has 6 aliphatic rings. The third-order valence-electron chi connectivity index (χ3n) is 14.6. The lowest BCUT2D eigenvalue weighted by Crippen LogP contribution is -2.65. The van der Waals surface area contributed by atoms with Crippen LogP contribution in [0.3, 0.4) is 0 Å². The second-order valence-electron chi connectivity index (χ2n) is 18.0. The van der Waals surface area contributed by atoms with Gasteiger partial charge in [-0.1, -0.05) is 37.6 Å². The molecule has 3 unspecified atom stereocenters. The number of β-amino-alcohol motifs (C(OH)–C–C–N with tert-alkyl or cyclic N) is 1. The molecule has 0 aromatic heterocycles. The molecule has 4 heterocycles. The van der Waals surface area contributed by atoms with Crippen molar-refractivity contribution in [1.82, 2.24) is 19.4 Å². The number of carbonyl (C=O) groups excluding carboxylic acids is 2. The number of anilines is 1. The quantitative estimate of drug-likeness (QED) is 0.325. The highest BCUT2D eigenvalue weighted by molar-refractivity contribution is 7.99. The number of amides is 2. The van der Waals surface area contributed by atoms with Crippen LogP contribution in [0.25, 0.3) is 0 Å². The van der Waals surface area contributed by atoms with Crippen molar-refractivity contribution in [3.8, 4) is 5.75 Å². The van der Waals surface area contributed by atoms with Gasteiger partial charge in [0.2, 0.25) is 5.91 Å². The molecule has 2 N–H and O–H groups in total. The first-order valence-corrected chi connectivity index (χ1v) is 23.0. The highest BCUT2D eigenvalue weighted by Gasteiger charge is 2.50. The molecular weight excluding hydrogens is 746 g/mol. The molecule has 2 amide bonds. The van der Waals surface area contributed by atoms with Crippen molar-refractivity contribution in [2.75, 3.05) is 70.4 Å². The number of carbonyl (C=O) groups is 2. The van der Waals surface area contributed by atoms with Gasteiger partial charge in [0.05, 0.1) is 27.6 Å². The summed E-state index contributed by atoms with van der Waals surface area (Å²) in [6.07, 6.45) is 8.56. The van der Waals surface area contributed by atoms with Gasteiger partial charge in [-0.05, 0) is 123 Å². The maximum Gasteiger partial charge on any atom is 0.262 e. The van der Waals surface area contributed by atoms with E-state index < -0.39 is 15.3 Å². The first-order chi connectivity index (χ1) is 26.8. The molecule has 12 heteroatoms. The Morgan fingerprint density at radius 1 is 1.05 bits per heavy atom. The van der Waals surface area contributed by atoms with Gasteiger partial charge in [-0.25, -0.2) is 4.21 Å².